The van der Waals surface area contributed by atoms with E-state index in [1.54, 1.807) is 12.1 Å². The smallest absolute Gasteiger partial charge is 0.162 e. The standard InChI is InChI=1S/C21H26ClN3OS/c1-24-19-11-10-17(15-20(19)25(2)27-24)21(26)9-5-6-13-23-14-12-16-7-3-4-8-18(16)22/h3-4,7-8,10-11,15,23H,5-6,9,12-14H2,1-2H3. The highest BCUT2D eigenvalue weighted by Crippen LogP contribution is 2.42. The Hall–Kier alpha value is -1.69. The molecule has 0 atom stereocenters. The van der Waals surface area contributed by atoms with Gasteiger partial charge in [-0.2, -0.15) is 0 Å². The Kier molecular flexibility index (Phi) is 7.05. The summed E-state index contributed by atoms with van der Waals surface area (Å²) >= 11 is 7.80. The van der Waals surface area contributed by atoms with Crippen LogP contribution in [0.15, 0.2) is 42.5 Å². The van der Waals surface area contributed by atoms with Gasteiger partial charge in [0.2, 0.25) is 0 Å². The molecule has 1 heterocycles. The van der Waals surface area contributed by atoms with Crippen molar-refractivity contribution in [1.82, 2.24) is 5.32 Å². The maximum Gasteiger partial charge on any atom is 0.162 e. The van der Waals surface area contributed by atoms with Gasteiger partial charge in [-0.1, -0.05) is 29.8 Å². The molecule has 27 heavy (non-hydrogen) atoms. The zero-order valence-corrected chi connectivity index (χ0v) is 17.4. The molecule has 6 heteroatoms. The molecule has 144 valence electrons. The van der Waals surface area contributed by atoms with Gasteiger partial charge in [0.25, 0.3) is 0 Å². The Balaban J connectivity index is 1.36. The highest BCUT2D eigenvalue weighted by Gasteiger charge is 2.23. The molecule has 0 aromatic heterocycles. The molecule has 0 bridgehead atoms. The second-order valence-corrected chi connectivity index (χ2v) is 8.42. The van der Waals surface area contributed by atoms with E-state index < -0.39 is 0 Å². The van der Waals surface area contributed by atoms with E-state index in [4.69, 9.17) is 11.6 Å². The van der Waals surface area contributed by atoms with E-state index >= 15 is 0 Å². The fourth-order valence-electron chi connectivity index (χ4n) is 3.22. The van der Waals surface area contributed by atoms with Crippen LogP contribution in [-0.4, -0.2) is 33.0 Å². The lowest BCUT2D eigenvalue weighted by Gasteiger charge is -2.09. The van der Waals surface area contributed by atoms with Crippen LogP contribution in [-0.2, 0) is 6.42 Å². The number of benzene rings is 2. The largest absolute Gasteiger partial charge is 0.316 e. The number of Topliss-reactive ketones (excluding diaryl/α,β-unsaturated/α-hetero) is 1. The molecule has 0 saturated carbocycles. The van der Waals surface area contributed by atoms with Gasteiger partial charge in [0, 0.05) is 31.1 Å². The van der Waals surface area contributed by atoms with Crippen molar-refractivity contribution >= 4 is 40.9 Å². The second-order valence-electron chi connectivity index (χ2n) is 6.75. The number of nitrogens with one attached hydrogen (secondary N) is 1. The van der Waals surface area contributed by atoms with Crippen LogP contribution in [0, 0.1) is 0 Å². The third-order valence-electron chi connectivity index (χ3n) is 4.76. The number of nitrogens with zero attached hydrogens (tertiary/aromatic N) is 2. The van der Waals surface area contributed by atoms with Gasteiger partial charge in [-0.05, 0) is 62.2 Å². The Labute approximate surface area is 171 Å². The van der Waals surface area contributed by atoms with Gasteiger partial charge in [-0.3, -0.25) is 13.4 Å². The van der Waals surface area contributed by atoms with Crippen LogP contribution in [0.25, 0.3) is 0 Å². The first-order chi connectivity index (χ1) is 13.1. The van der Waals surface area contributed by atoms with Gasteiger partial charge in [0.1, 0.15) is 0 Å². The normalized spacial score (nSPS) is 13.1. The van der Waals surface area contributed by atoms with Crippen molar-refractivity contribution in [3.63, 3.8) is 0 Å². The summed E-state index contributed by atoms with van der Waals surface area (Å²) in [7, 11) is 4.06. The van der Waals surface area contributed by atoms with E-state index in [1.165, 1.54) is 5.56 Å². The number of carbonyl (C=O) groups excluding carboxylic acids is 1. The number of unbranched alkanes of at least 4 members (excludes halogenated alkanes) is 1. The molecule has 0 spiro atoms. The fraction of sp³-hybridized carbons (Fsp3) is 0.381. The molecule has 0 unspecified atom stereocenters. The first-order valence-corrected chi connectivity index (χ1v) is 10.4. The topological polar surface area (TPSA) is 35.6 Å². The van der Waals surface area contributed by atoms with E-state index in [-0.39, 0.29) is 5.78 Å². The molecule has 0 fully saturated rings. The molecule has 3 rings (SSSR count). The molecule has 1 aliphatic heterocycles. The number of hydrogen-bond acceptors (Lipinski definition) is 5. The number of fused-ring (bicyclic) bond motifs is 1. The van der Waals surface area contributed by atoms with Crippen molar-refractivity contribution < 1.29 is 4.79 Å². The van der Waals surface area contributed by atoms with Crippen LogP contribution >= 0.6 is 23.7 Å². The van der Waals surface area contributed by atoms with Gasteiger partial charge < -0.3 is 5.32 Å². The van der Waals surface area contributed by atoms with Gasteiger partial charge >= 0.3 is 0 Å². The van der Waals surface area contributed by atoms with Crippen molar-refractivity contribution in [2.45, 2.75) is 25.7 Å². The molecule has 4 nitrogen and oxygen atoms in total. The summed E-state index contributed by atoms with van der Waals surface area (Å²) in [5, 5.41) is 4.26. The summed E-state index contributed by atoms with van der Waals surface area (Å²) in [5.74, 6) is 0.224. The molecule has 0 radical (unpaired) electrons. The minimum Gasteiger partial charge on any atom is -0.316 e. The van der Waals surface area contributed by atoms with Crippen molar-refractivity contribution in [2.75, 3.05) is 35.8 Å². The van der Waals surface area contributed by atoms with E-state index in [9.17, 15) is 4.79 Å². The van der Waals surface area contributed by atoms with Crippen LogP contribution in [0.5, 0.6) is 0 Å². The van der Waals surface area contributed by atoms with Gasteiger partial charge in [0.05, 0.1) is 23.5 Å². The molecule has 0 aliphatic carbocycles. The summed E-state index contributed by atoms with van der Waals surface area (Å²) in [6.45, 7) is 1.83. The minimum absolute atomic E-state index is 0.224. The highest BCUT2D eigenvalue weighted by molar-refractivity contribution is 8.02. The zero-order valence-electron chi connectivity index (χ0n) is 15.9. The highest BCUT2D eigenvalue weighted by atomic mass is 35.5. The molecule has 2 aromatic carbocycles. The minimum atomic E-state index is 0.224. The quantitative estimate of drug-likeness (QED) is 0.363. The van der Waals surface area contributed by atoms with E-state index in [0.29, 0.717) is 6.42 Å². The van der Waals surface area contributed by atoms with Crippen LogP contribution in [0.2, 0.25) is 5.02 Å². The number of halogens is 1. The molecule has 1 N–H and O–H groups in total. The van der Waals surface area contributed by atoms with Crippen molar-refractivity contribution in [3.8, 4) is 0 Å². The van der Waals surface area contributed by atoms with Crippen LogP contribution in [0.1, 0.15) is 35.2 Å². The lowest BCUT2D eigenvalue weighted by molar-refractivity contribution is 0.0979. The number of hydrogen-bond donors (Lipinski definition) is 1. The maximum absolute atomic E-state index is 12.5. The maximum atomic E-state index is 12.5. The average Bonchev–Trinajstić information content (AvgIpc) is 2.95. The third kappa shape index (κ3) is 5.18. The zero-order chi connectivity index (χ0) is 19.2. The molecule has 0 saturated heterocycles. The summed E-state index contributed by atoms with van der Waals surface area (Å²) in [5.41, 5.74) is 4.24. The monoisotopic (exact) mass is 403 g/mol. The SMILES string of the molecule is CN1SN(C)c2cc(C(=O)CCCCNCCc3ccccc3Cl)ccc21. The lowest BCUT2D eigenvalue weighted by Crippen LogP contribution is -2.18. The Morgan fingerprint density at radius 1 is 1.04 bits per heavy atom. The fourth-order valence-corrected chi connectivity index (χ4v) is 4.29. The predicted octanol–water partition coefficient (Wildman–Crippen LogP) is 4.97. The first kappa shape index (κ1) is 20.1. The van der Waals surface area contributed by atoms with Crippen LogP contribution < -0.4 is 13.9 Å². The number of ketones is 1. The number of rotatable bonds is 9. The summed E-state index contributed by atoms with van der Waals surface area (Å²) in [6, 6.07) is 13.9. The van der Waals surface area contributed by atoms with Crippen LogP contribution in [0.3, 0.4) is 0 Å². The third-order valence-corrected chi connectivity index (χ3v) is 6.01. The predicted molar refractivity (Wildman–Crippen MR) is 117 cm³/mol. The van der Waals surface area contributed by atoms with E-state index in [0.717, 1.165) is 54.3 Å². The van der Waals surface area contributed by atoms with Gasteiger partial charge in [0.15, 0.2) is 5.78 Å². The number of anilines is 2. The van der Waals surface area contributed by atoms with E-state index in [2.05, 4.69) is 20.0 Å². The number of carbonyl (C=O) groups is 1. The lowest BCUT2D eigenvalue weighted by atomic mass is 10.0. The second kappa shape index (κ2) is 9.49. The average molecular weight is 404 g/mol. The molecule has 0 amide bonds. The Morgan fingerprint density at radius 2 is 1.81 bits per heavy atom. The van der Waals surface area contributed by atoms with Crippen LogP contribution in [0.4, 0.5) is 11.4 Å². The summed E-state index contributed by atoms with van der Waals surface area (Å²) < 4.78 is 4.20. The molecule has 1 aliphatic rings. The van der Waals surface area contributed by atoms with Crippen molar-refractivity contribution in [1.29, 1.82) is 0 Å². The van der Waals surface area contributed by atoms with E-state index in [1.807, 2.05) is 50.5 Å². The molecular weight excluding hydrogens is 378 g/mol. The van der Waals surface area contributed by atoms with Crippen molar-refractivity contribution in [3.05, 3.63) is 58.6 Å². The molecule has 2 aromatic rings. The Bertz CT molecular complexity index is 799. The van der Waals surface area contributed by atoms with Gasteiger partial charge in [-0.25, -0.2) is 0 Å². The van der Waals surface area contributed by atoms with Gasteiger partial charge in [-0.15, -0.1) is 0 Å². The summed E-state index contributed by atoms with van der Waals surface area (Å²) in [6.07, 6.45) is 3.42. The Morgan fingerprint density at radius 3 is 2.63 bits per heavy atom. The first-order valence-electron chi connectivity index (χ1n) is 9.33. The summed E-state index contributed by atoms with van der Waals surface area (Å²) in [4.78, 5) is 12.5. The van der Waals surface area contributed by atoms with Crippen molar-refractivity contribution in [2.24, 2.45) is 0 Å². The molecular formula is C21H26ClN3OS.